The Bertz CT molecular complexity index is 939. The molecule has 0 unspecified atom stereocenters. The fourth-order valence-corrected chi connectivity index (χ4v) is 2.46. The van der Waals surface area contributed by atoms with Gasteiger partial charge in [-0.3, -0.25) is 4.79 Å². The third kappa shape index (κ3) is 3.45. The molecular weight excluding hydrogens is 320 g/mol. The molecule has 3 aromatic rings. The van der Waals surface area contributed by atoms with Crippen LogP contribution < -0.4 is 5.32 Å². The highest BCUT2D eigenvalue weighted by molar-refractivity contribution is 6.06. The minimum atomic E-state index is -0.474. The highest BCUT2D eigenvalue weighted by Gasteiger charge is 2.15. The maximum absolute atomic E-state index is 12.5. The first-order valence-corrected chi connectivity index (χ1v) is 7.65. The standard InChI is InChI=1S/C18H18N4O3/c1-12-9-19-22(10-12)16-5-4-13(18(24)25-3)8-15(16)20-17(23)14-6-7-21(2)11-14/h4-11H,1-3H3,(H,20,23). The van der Waals surface area contributed by atoms with Gasteiger partial charge in [0.2, 0.25) is 0 Å². The van der Waals surface area contributed by atoms with E-state index in [1.165, 1.54) is 7.11 Å². The van der Waals surface area contributed by atoms with Crippen molar-refractivity contribution in [3.8, 4) is 5.69 Å². The Hall–Kier alpha value is -3.35. The average molecular weight is 338 g/mol. The van der Waals surface area contributed by atoms with Crippen molar-refractivity contribution in [1.82, 2.24) is 14.3 Å². The van der Waals surface area contributed by atoms with E-state index in [1.807, 2.05) is 20.2 Å². The monoisotopic (exact) mass is 338 g/mol. The zero-order valence-electron chi connectivity index (χ0n) is 14.2. The summed E-state index contributed by atoms with van der Waals surface area (Å²) in [6.07, 6.45) is 7.07. The van der Waals surface area contributed by atoms with Crippen LogP contribution in [0, 0.1) is 6.92 Å². The van der Waals surface area contributed by atoms with Gasteiger partial charge in [-0.05, 0) is 36.8 Å². The number of carbonyl (C=O) groups excluding carboxylic acids is 2. The highest BCUT2D eigenvalue weighted by Crippen LogP contribution is 2.23. The molecule has 0 spiro atoms. The molecule has 2 heterocycles. The van der Waals surface area contributed by atoms with E-state index in [1.54, 1.807) is 52.1 Å². The van der Waals surface area contributed by atoms with E-state index in [4.69, 9.17) is 4.74 Å². The van der Waals surface area contributed by atoms with E-state index in [0.717, 1.165) is 5.56 Å². The number of ether oxygens (including phenoxy) is 1. The van der Waals surface area contributed by atoms with Crippen LogP contribution in [0.1, 0.15) is 26.3 Å². The summed E-state index contributed by atoms with van der Waals surface area (Å²) in [6, 6.07) is 6.66. The third-order valence-electron chi connectivity index (χ3n) is 3.72. The van der Waals surface area contributed by atoms with E-state index < -0.39 is 5.97 Å². The van der Waals surface area contributed by atoms with Crippen molar-refractivity contribution in [1.29, 1.82) is 0 Å². The molecule has 128 valence electrons. The maximum Gasteiger partial charge on any atom is 0.337 e. The van der Waals surface area contributed by atoms with Crippen LogP contribution in [0.3, 0.4) is 0 Å². The lowest BCUT2D eigenvalue weighted by Crippen LogP contribution is -2.14. The van der Waals surface area contributed by atoms with Crippen molar-refractivity contribution < 1.29 is 14.3 Å². The van der Waals surface area contributed by atoms with Crippen LogP contribution in [0.25, 0.3) is 5.69 Å². The first-order chi connectivity index (χ1) is 12.0. The molecule has 3 rings (SSSR count). The number of hydrogen-bond acceptors (Lipinski definition) is 4. The second-order valence-electron chi connectivity index (χ2n) is 5.71. The molecule has 0 radical (unpaired) electrons. The topological polar surface area (TPSA) is 78.2 Å². The largest absolute Gasteiger partial charge is 0.465 e. The number of benzene rings is 1. The van der Waals surface area contributed by atoms with Crippen LogP contribution in [0.15, 0.2) is 49.1 Å². The van der Waals surface area contributed by atoms with E-state index >= 15 is 0 Å². The van der Waals surface area contributed by atoms with Crippen molar-refractivity contribution in [2.24, 2.45) is 7.05 Å². The van der Waals surface area contributed by atoms with Crippen LogP contribution in [0.4, 0.5) is 5.69 Å². The molecule has 1 N–H and O–H groups in total. The summed E-state index contributed by atoms with van der Waals surface area (Å²) in [5.74, 6) is -0.744. The number of aromatic nitrogens is 3. The first-order valence-electron chi connectivity index (χ1n) is 7.65. The van der Waals surface area contributed by atoms with Gasteiger partial charge in [0, 0.05) is 25.6 Å². The fourth-order valence-electron chi connectivity index (χ4n) is 2.46. The Morgan fingerprint density at radius 1 is 1.16 bits per heavy atom. The van der Waals surface area contributed by atoms with Gasteiger partial charge in [-0.25, -0.2) is 9.48 Å². The Labute approximate surface area is 144 Å². The SMILES string of the molecule is COC(=O)c1ccc(-n2cc(C)cn2)c(NC(=O)c2ccn(C)c2)c1. The number of rotatable bonds is 4. The van der Waals surface area contributed by atoms with Gasteiger partial charge in [-0.15, -0.1) is 0 Å². The maximum atomic E-state index is 12.5. The Morgan fingerprint density at radius 3 is 2.56 bits per heavy atom. The van der Waals surface area contributed by atoms with Crippen molar-refractivity contribution in [2.75, 3.05) is 12.4 Å². The molecule has 0 aliphatic heterocycles. The normalized spacial score (nSPS) is 10.5. The van der Waals surface area contributed by atoms with E-state index in [9.17, 15) is 9.59 Å². The Kier molecular flexibility index (Phi) is 4.38. The van der Waals surface area contributed by atoms with Crippen LogP contribution >= 0.6 is 0 Å². The number of esters is 1. The highest BCUT2D eigenvalue weighted by atomic mass is 16.5. The molecular formula is C18H18N4O3. The molecule has 2 aromatic heterocycles. The average Bonchev–Trinajstić information content (AvgIpc) is 3.22. The lowest BCUT2D eigenvalue weighted by Gasteiger charge is -2.12. The Balaban J connectivity index is 2.01. The number of methoxy groups -OCH3 is 1. The van der Waals surface area contributed by atoms with E-state index in [-0.39, 0.29) is 5.91 Å². The predicted octanol–water partition coefficient (Wildman–Crippen LogP) is 2.56. The minimum Gasteiger partial charge on any atom is -0.465 e. The summed E-state index contributed by atoms with van der Waals surface area (Å²) in [7, 11) is 3.15. The van der Waals surface area contributed by atoms with Crippen molar-refractivity contribution in [2.45, 2.75) is 6.92 Å². The lowest BCUT2D eigenvalue weighted by atomic mass is 10.1. The fraction of sp³-hybridized carbons (Fsp3) is 0.167. The van der Waals surface area contributed by atoms with E-state index in [0.29, 0.717) is 22.5 Å². The number of aryl methyl sites for hydroxylation is 2. The molecule has 0 aliphatic rings. The second-order valence-corrected chi connectivity index (χ2v) is 5.71. The number of hydrogen-bond donors (Lipinski definition) is 1. The first kappa shape index (κ1) is 16.5. The number of nitrogens with one attached hydrogen (secondary N) is 1. The third-order valence-corrected chi connectivity index (χ3v) is 3.72. The number of amides is 1. The summed E-state index contributed by atoms with van der Waals surface area (Å²) >= 11 is 0. The van der Waals surface area contributed by atoms with Gasteiger partial charge in [0.05, 0.1) is 35.8 Å². The zero-order valence-corrected chi connectivity index (χ0v) is 14.2. The molecule has 0 bridgehead atoms. The second kappa shape index (κ2) is 6.64. The summed E-state index contributed by atoms with van der Waals surface area (Å²) in [6.45, 7) is 1.93. The van der Waals surface area contributed by atoms with Crippen molar-refractivity contribution >= 4 is 17.6 Å². The number of carbonyl (C=O) groups is 2. The summed E-state index contributed by atoms with van der Waals surface area (Å²) in [4.78, 5) is 24.3. The van der Waals surface area contributed by atoms with Gasteiger partial charge in [-0.2, -0.15) is 5.10 Å². The number of anilines is 1. The molecule has 0 saturated heterocycles. The van der Waals surface area contributed by atoms with Crippen LogP contribution in [0.2, 0.25) is 0 Å². The molecule has 7 nitrogen and oxygen atoms in total. The lowest BCUT2D eigenvalue weighted by molar-refractivity contribution is 0.0600. The molecule has 1 amide bonds. The van der Waals surface area contributed by atoms with Crippen LogP contribution in [-0.2, 0) is 11.8 Å². The molecule has 0 fully saturated rings. The van der Waals surface area contributed by atoms with Gasteiger partial charge in [0.15, 0.2) is 0 Å². The van der Waals surface area contributed by atoms with Gasteiger partial charge in [-0.1, -0.05) is 0 Å². The summed E-state index contributed by atoms with van der Waals surface area (Å²) in [5, 5.41) is 7.12. The minimum absolute atomic E-state index is 0.271. The van der Waals surface area contributed by atoms with Crippen molar-refractivity contribution in [3.05, 3.63) is 65.7 Å². The summed E-state index contributed by atoms with van der Waals surface area (Å²) in [5.41, 5.74) is 2.98. The zero-order chi connectivity index (χ0) is 18.0. The molecule has 0 aliphatic carbocycles. The van der Waals surface area contributed by atoms with Crippen LogP contribution in [-0.4, -0.2) is 33.3 Å². The molecule has 25 heavy (non-hydrogen) atoms. The van der Waals surface area contributed by atoms with E-state index in [2.05, 4.69) is 10.4 Å². The quantitative estimate of drug-likeness (QED) is 0.742. The van der Waals surface area contributed by atoms with Gasteiger partial charge < -0.3 is 14.6 Å². The molecule has 0 atom stereocenters. The Morgan fingerprint density at radius 2 is 1.96 bits per heavy atom. The van der Waals surface area contributed by atoms with Gasteiger partial charge in [0.1, 0.15) is 0 Å². The van der Waals surface area contributed by atoms with Crippen molar-refractivity contribution in [3.63, 3.8) is 0 Å². The van der Waals surface area contributed by atoms with Crippen LogP contribution in [0.5, 0.6) is 0 Å². The van der Waals surface area contributed by atoms with Gasteiger partial charge >= 0.3 is 5.97 Å². The van der Waals surface area contributed by atoms with Gasteiger partial charge in [0.25, 0.3) is 5.91 Å². The predicted molar refractivity (Wildman–Crippen MR) is 93.0 cm³/mol. The summed E-state index contributed by atoms with van der Waals surface area (Å²) < 4.78 is 8.20. The number of nitrogens with zero attached hydrogens (tertiary/aromatic N) is 3. The molecule has 0 saturated carbocycles. The molecule has 7 heteroatoms. The molecule has 1 aromatic carbocycles. The smallest absolute Gasteiger partial charge is 0.337 e.